The third kappa shape index (κ3) is 3.09. The molecular weight excluding hydrogens is 326 g/mol. The van der Waals surface area contributed by atoms with E-state index in [9.17, 15) is 13.5 Å². The second-order valence-electron chi connectivity index (χ2n) is 5.11. The standard InChI is InChI=1S/C18H15NO4S/c1-23-18-11-6-13-4-2-3-5-16(13)17(18)12-19-24(21,22)15-9-7-14(20)8-10-15/h2-12,20H,1H3/b19-12+. The molecule has 0 saturated heterocycles. The van der Waals surface area contributed by atoms with Crippen LogP contribution in [0.2, 0.25) is 0 Å². The molecule has 6 heteroatoms. The molecule has 0 fully saturated rings. The van der Waals surface area contributed by atoms with Crippen LogP contribution in [0.5, 0.6) is 11.5 Å². The lowest BCUT2D eigenvalue weighted by Gasteiger charge is -2.08. The fraction of sp³-hybridized carbons (Fsp3) is 0.0556. The van der Waals surface area contributed by atoms with Gasteiger partial charge in [0.1, 0.15) is 11.5 Å². The molecule has 0 heterocycles. The van der Waals surface area contributed by atoms with Gasteiger partial charge < -0.3 is 9.84 Å². The Morgan fingerprint density at radius 1 is 1.00 bits per heavy atom. The number of phenols is 1. The maximum atomic E-state index is 12.3. The number of benzene rings is 3. The van der Waals surface area contributed by atoms with Crippen molar-refractivity contribution in [3.05, 3.63) is 66.2 Å². The minimum Gasteiger partial charge on any atom is -0.508 e. The van der Waals surface area contributed by atoms with Gasteiger partial charge in [0.25, 0.3) is 10.0 Å². The molecule has 0 bridgehead atoms. The second-order valence-corrected chi connectivity index (χ2v) is 6.74. The van der Waals surface area contributed by atoms with Crippen LogP contribution in [0.4, 0.5) is 0 Å². The molecule has 0 aliphatic heterocycles. The highest BCUT2D eigenvalue weighted by atomic mass is 32.2. The second kappa shape index (κ2) is 6.33. The number of fused-ring (bicyclic) bond motifs is 1. The van der Waals surface area contributed by atoms with Crippen molar-refractivity contribution in [1.29, 1.82) is 0 Å². The van der Waals surface area contributed by atoms with E-state index in [1.54, 1.807) is 6.07 Å². The third-order valence-electron chi connectivity index (χ3n) is 3.61. The fourth-order valence-electron chi connectivity index (χ4n) is 2.39. The van der Waals surface area contributed by atoms with Crippen molar-refractivity contribution >= 4 is 27.0 Å². The number of sulfonamides is 1. The van der Waals surface area contributed by atoms with Gasteiger partial charge in [-0.15, -0.1) is 0 Å². The summed E-state index contributed by atoms with van der Waals surface area (Å²) in [4.78, 5) is 0.00996. The van der Waals surface area contributed by atoms with Crippen molar-refractivity contribution in [1.82, 2.24) is 0 Å². The lowest BCUT2D eigenvalue weighted by molar-refractivity contribution is 0.415. The molecule has 3 aromatic carbocycles. The molecule has 0 atom stereocenters. The van der Waals surface area contributed by atoms with Gasteiger partial charge in [-0.25, -0.2) is 0 Å². The van der Waals surface area contributed by atoms with Crippen molar-refractivity contribution < 1.29 is 18.3 Å². The molecule has 1 N–H and O–H groups in total. The van der Waals surface area contributed by atoms with Crippen molar-refractivity contribution in [2.24, 2.45) is 4.40 Å². The van der Waals surface area contributed by atoms with E-state index in [0.717, 1.165) is 10.8 Å². The zero-order valence-electron chi connectivity index (χ0n) is 12.9. The van der Waals surface area contributed by atoms with E-state index in [2.05, 4.69) is 4.40 Å². The topological polar surface area (TPSA) is 76.0 Å². The van der Waals surface area contributed by atoms with Crippen LogP contribution < -0.4 is 4.74 Å². The minimum absolute atomic E-state index is 0.00588. The summed E-state index contributed by atoms with van der Waals surface area (Å²) in [7, 11) is -2.34. The quantitative estimate of drug-likeness (QED) is 0.738. The SMILES string of the molecule is COc1ccc2ccccc2c1/C=N/S(=O)(=O)c1ccc(O)cc1. The predicted octanol–water partition coefficient (Wildman–Crippen LogP) is 3.36. The summed E-state index contributed by atoms with van der Waals surface area (Å²) in [5, 5.41) is 11.1. The molecule has 0 spiro atoms. The number of aromatic hydroxyl groups is 1. The Morgan fingerprint density at radius 2 is 1.71 bits per heavy atom. The van der Waals surface area contributed by atoms with Gasteiger partial charge in [-0.3, -0.25) is 0 Å². The molecule has 0 aromatic heterocycles. The molecule has 24 heavy (non-hydrogen) atoms. The molecule has 3 rings (SSSR count). The van der Waals surface area contributed by atoms with E-state index in [-0.39, 0.29) is 10.6 Å². The monoisotopic (exact) mass is 341 g/mol. The van der Waals surface area contributed by atoms with Crippen LogP contribution in [0.25, 0.3) is 10.8 Å². The molecule has 122 valence electrons. The highest BCUT2D eigenvalue weighted by Gasteiger charge is 2.13. The van der Waals surface area contributed by atoms with Gasteiger partial charge in [-0.2, -0.15) is 12.8 Å². The number of phenolic OH excluding ortho intramolecular Hbond substituents is 1. The molecule has 3 aromatic rings. The van der Waals surface area contributed by atoms with Gasteiger partial charge >= 0.3 is 0 Å². The molecule has 5 nitrogen and oxygen atoms in total. The summed E-state index contributed by atoms with van der Waals surface area (Å²) in [5.74, 6) is 0.534. The average molecular weight is 341 g/mol. The summed E-state index contributed by atoms with van der Waals surface area (Å²) in [5.41, 5.74) is 0.595. The molecule has 0 aliphatic rings. The van der Waals surface area contributed by atoms with E-state index < -0.39 is 10.0 Å². The highest BCUT2D eigenvalue weighted by Crippen LogP contribution is 2.27. The Balaban J connectivity index is 2.08. The first-order chi connectivity index (χ1) is 11.5. The lowest BCUT2D eigenvalue weighted by Crippen LogP contribution is -1.99. The molecule has 0 unspecified atom stereocenters. The maximum absolute atomic E-state index is 12.3. The number of methoxy groups -OCH3 is 1. The average Bonchev–Trinajstić information content (AvgIpc) is 2.60. The number of ether oxygens (including phenoxy) is 1. The van der Waals surface area contributed by atoms with Crippen molar-refractivity contribution in [3.63, 3.8) is 0 Å². The van der Waals surface area contributed by atoms with Gasteiger partial charge in [0.05, 0.1) is 18.2 Å². The third-order valence-corrected chi connectivity index (χ3v) is 4.86. The Kier molecular flexibility index (Phi) is 4.22. The maximum Gasteiger partial charge on any atom is 0.282 e. The van der Waals surface area contributed by atoms with E-state index >= 15 is 0 Å². The van der Waals surface area contributed by atoms with Crippen molar-refractivity contribution in [3.8, 4) is 11.5 Å². The predicted molar refractivity (Wildman–Crippen MR) is 93.4 cm³/mol. The fourth-order valence-corrected chi connectivity index (χ4v) is 3.23. The number of rotatable bonds is 4. The Bertz CT molecular complexity index is 1010. The highest BCUT2D eigenvalue weighted by molar-refractivity contribution is 7.90. The number of nitrogens with zero attached hydrogens (tertiary/aromatic N) is 1. The number of hydrogen-bond acceptors (Lipinski definition) is 4. The van der Waals surface area contributed by atoms with Gasteiger partial charge in [-0.05, 0) is 41.1 Å². The zero-order chi connectivity index (χ0) is 17.2. The van der Waals surface area contributed by atoms with Crippen molar-refractivity contribution in [2.45, 2.75) is 4.90 Å². The van der Waals surface area contributed by atoms with Crippen molar-refractivity contribution in [2.75, 3.05) is 7.11 Å². The summed E-state index contributed by atoms with van der Waals surface area (Å²) in [6.45, 7) is 0. The van der Waals surface area contributed by atoms with Crippen LogP contribution in [0.15, 0.2) is 70.0 Å². The van der Waals surface area contributed by atoms with Crippen LogP contribution >= 0.6 is 0 Å². The van der Waals surface area contributed by atoms with Crippen LogP contribution in [-0.4, -0.2) is 26.8 Å². The number of hydrogen-bond donors (Lipinski definition) is 1. The van der Waals surface area contributed by atoms with E-state index in [1.807, 2.05) is 30.3 Å². The van der Waals surface area contributed by atoms with E-state index in [0.29, 0.717) is 11.3 Å². The molecule has 0 amide bonds. The molecule has 0 saturated carbocycles. The molecule has 0 aliphatic carbocycles. The zero-order valence-corrected chi connectivity index (χ0v) is 13.7. The first kappa shape index (κ1) is 16.0. The smallest absolute Gasteiger partial charge is 0.282 e. The molecular formula is C18H15NO4S. The first-order valence-corrected chi connectivity index (χ1v) is 8.60. The van der Waals surface area contributed by atoms with Gasteiger partial charge in [-0.1, -0.05) is 30.3 Å². The summed E-state index contributed by atoms with van der Waals surface area (Å²) >= 11 is 0. The normalized spacial score (nSPS) is 11.9. The lowest BCUT2D eigenvalue weighted by atomic mass is 10.0. The Morgan fingerprint density at radius 3 is 2.42 bits per heavy atom. The van der Waals surface area contributed by atoms with Crippen LogP contribution in [-0.2, 0) is 10.0 Å². The Hall–Kier alpha value is -2.86. The first-order valence-electron chi connectivity index (χ1n) is 7.16. The Labute approximate surface area is 139 Å². The van der Waals surface area contributed by atoms with E-state index in [4.69, 9.17) is 4.74 Å². The van der Waals surface area contributed by atoms with E-state index in [1.165, 1.54) is 37.6 Å². The largest absolute Gasteiger partial charge is 0.508 e. The minimum atomic E-state index is -3.87. The van der Waals surface area contributed by atoms with Crippen LogP contribution in [0.3, 0.4) is 0 Å². The van der Waals surface area contributed by atoms with Crippen LogP contribution in [0, 0.1) is 0 Å². The summed E-state index contributed by atoms with van der Waals surface area (Å²) in [6, 6.07) is 16.5. The molecule has 0 radical (unpaired) electrons. The van der Waals surface area contributed by atoms with Crippen LogP contribution in [0.1, 0.15) is 5.56 Å². The van der Waals surface area contributed by atoms with Gasteiger partial charge in [0.2, 0.25) is 0 Å². The van der Waals surface area contributed by atoms with Gasteiger partial charge in [0.15, 0.2) is 0 Å². The summed E-state index contributed by atoms with van der Waals surface area (Å²) < 4.78 is 33.8. The summed E-state index contributed by atoms with van der Waals surface area (Å²) in [6.07, 6.45) is 1.29. The van der Waals surface area contributed by atoms with Gasteiger partial charge in [0, 0.05) is 5.56 Å².